The van der Waals surface area contributed by atoms with E-state index in [0.717, 1.165) is 29.7 Å². The van der Waals surface area contributed by atoms with Crippen LogP contribution >= 0.6 is 0 Å². The monoisotopic (exact) mass is 249 g/mol. The summed E-state index contributed by atoms with van der Waals surface area (Å²) in [5.41, 5.74) is 2.45. The Balaban J connectivity index is 3.06. The van der Waals surface area contributed by atoms with Crippen LogP contribution in [0.4, 0.5) is 5.69 Å². The molecule has 0 unspecified atom stereocenters. The molecule has 3 heteroatoms. The van der Waals surface area contributed by atoms with Crippen LogP contribution in [0.15, 0.2) is 18.2 Å². The van der Waals surface area contributed by atoms with Crippen LogP contribution < -0.4 is 5.32 Å². The third-order valence-corrected chi connectivity index (χ3v) is 3.29. The average molecular weight is 249 g/mol. The van der Waals surface area contributed by atoms with Crippen molar-refractivity contribution in [3.05, 3.63) is 29.3 Å². The van der Waals surface area contributed by atoms with Crippen LogP contribution in [0.2, 0.25) is 0 Å². The van der Waals surface area contributed by atoms with E-state index in [1.807, 2.05) is 6.07 Å². The standard InChI is InChI=1S/C15H23NO2/c1-6-11-9-8-10-12(7-2)13(11)16-14(17)15(3,4)18-5/h8-10H,6-7H2,1-5H3,(H,16,17). The minimum atomic E-state index is -0.814. The Labute approximate surface area is 110 Å². The quantitative estimate of drug-likeness (QED) is 0.870. The van der Waals surface area contributed by atoms with Gasteiger partial charge in [0.25, 0.3) is 5.91 Å². The lowest BCUT2D eigenvalue weighted by Crippen LogP contribution is -2.39. The van der Waals surface area contributed by atoms with Crippen molar-refractivity contribution in [1.82, 2.24) is 0 Å². The Bertz CT molecular complexity index is 402. The van der Waals surface area contributed by atoms with Crippen molar-refractivity contribution in [3.8, 4) is 0 Å². The highest BCUT2D eigenvalue weighted by Crippen LogP contribution is 2.24. The first-order chi connectivity index (χ1) is 8.46. The Morgan fingerprint density at radius 2 is 1.72 bits per heavy atom. The molecule has 1 rings (SSSR count). The zero-order chi connectivity index (χ0) is 13.8. The molecule has 18 heavy (non-hydrogen) atoms. The van der Waals surface area contributed by atoms with Gasteiger partial charge in [0.1, 0.15) is 5.60 Å². The van der Waals surface area contributed by atoms with Crippen molar-refractivity contribution in [2.45, 2.75) is 46.1 Å². The molecular weight excluding hydrogens is 226 g/mol. The van der Waals surface area contributed by atoms with Gasteiger partial charge in [-0.25, -0.2) is 0 Å². The maximum absolute atomic E-state index is 12.2. The molecule has 0 heterocycles. The van der Waals surface area contributed by atoms with Gasteiger partial charge >= 0.3 is 0 Å². The number of methoxy groups -OCH3 is 1. The Morgan fingerprint density at radius 3 is 2.11 bits per heavy atom. The van der Waals surface area contributed by atoms with Gasteiger partial charge in [0.2, 0.25) is 0 Å². The number of amides is 1. The summed E-state index contributed by atoms with van der Waals surface area (Å²) in [5, 5.41) is 3.01. The zero-order valence-corrected chi connectivity index (χ0v) is 12.0. The summed E-state index contributed by atoms with van der Waals surface area (Å²) in [4.78, 5) is 12.2. The van der Waals surface area contributed by atoms with E-state index in [-0.39, 0.29) is 5.91 Å². The lowest BCUT2D eigenvalue weighted by Gasteiger charge is -2.23. The second-order valence-electron chi connectivity index (χ2n) is 4.83. The van der Waals surface area contributed by atoms with Gasteiger partial charge in [0.15, 0.2) is 0 Å². The van der Waals surface area contributed by atoms with Gasteiger partial charge in [0, 0.05) is 12.8 Å². The Kier molecular flexibility index (Phi) is 4.91. The lowest BCUT2D eigenvalue weighted by molar-refractivity contribution is -0.133. The molecular formula is C15H23NO2. The van der Waals surface area contributed by atoms with Gasteiger partial charge in [-0.3, -0.25) is 4.79 Å². The molecule has 0 saturated heterocycles. The molecule has 0 bridgehead atoms. The van der Waals surface area contributed by atoms with Crippen LogP contribution in [0.5, 0.6) is 0 Å². The summed E-state index contributed by atoms with van der Waals surface area (Å²) in [6.45, 7) is 7.71. The van der Waals surface area contributed by atoms with Gasteiger partial charge in [-0.05, 0) is 37.8 Å². The largest absolute Gasteiger partial charge is 0.369 e. The average Bonchev–Trinajstić information content (AvgIpc) is 2.38. The van der Waals surface area contributed by atoms with Crippen molar-refractivity contribution in [2.75, 3.05) is 12.4 Å². The molecule has 100 valence electrons. The van der Waals surface area contributed by atoms with Gasteiger partial charge in [0.05, 0.1) is 0 Å². The third kappa shape index (κ3) is 3.10. The van der Waals surface area contributed by atoms with Crippen LogP contribution in [0.3, 0.4) is 0 Å². The topological polar surface area (TPSA) is 38.3 Å². The number of nitrogens with one attached hydrogen (secondary N) is 1. The molecule has 0 fully saturated rings. The first-order valence-electron chi connectivity index (χ1n) is 6.43. The molecule has 0 saturated carbocycles. The predicted octanol–water partition coefficient (Wildman–Crippen LogP) is 3.17. The Hall–Kier alpha value is -1.35. The van der Waals surface area contributed by atoms with Gasteiger partial charge in [-0.1, -0.05) is 32.0 Å². The lowest BCUT2D eigenvalue weighted by atomic mass is 10.0. The molecule has 0 aliphatic heterocycles. The number of hydrogen-bond acceptors (Lipinski definition) is 2. The maximum atomic E-state index is 12.2. The van der Waals surface area contributed by atoms with Crippen molar-refractivity contribution < 1.29 is 9.53 Å². The van der Waals surface area contributed by atoms with Gasteiger partial charge in [-0.15, -0.1) is 0 Å². The van der Waals surface area contributed by atoms with Gasteiger partial charge < -0.3 is 10.1 Å². The predicted molar refractivity (Wildman–Crippen MR) is 74.9 cm³/mol. The molecule has 0 atom stereocenters. The number of para-hydroxylation sites is 1. The Morgan fingerprint density at radius 1 is 1.22 bits per heavy atom. The smallest absolute Gasteiger partial charge is 0.256 e. The normalized spacial score (nSPS) is 11.4. The molecule has 1 N–H and O–H groups in total. The van der Waals surface area contributed by atoms with E-state index in [0.29, 0.717) is 0 Å². The van der Waals surface area contributed by atoms with Crippen molar-refractivity contribution in [3.63, 3.8) is 0 Å². The summed E-state index contributed by atoms with van der Waals surface area (Å²) in [7, 11) is 1.55. The van der Waals surface area contributed by atoms with E-state index in [9.17, 15) is 4.79 Å². The molecule has 0 radical (unpaired) electrons. The second kappa shape index (κ2) is 6.01. The highest BCUT2D eigenvalue weighted by Gasteiger charge is 2.27. The molecule has 1 aromatic carbocycles. The summed E-state index contributed by atoms with van der Waals surface area (Å²) in [6, 6.07) is 6.14. The van der Waals surface area contributed by atoms with E-state index < -0.39 is 5.60 Å². The van der Waals surface area contributed by atoms with Crippen LogP contribution in [0.25, 0.3) is 0 Å². The number of benzene rings is 1. The van der Waals surface area contributed by atoms with Crippen LogP contribution in [0, 0.1) is 0 Å². The fourth-order valence-electron chi connectivity index (χ4n) is 1.76. The van der Waals surface area contributed by atoms with E-state index in [2.05, 4.69) is 31.3 Å². The fraction of sp³-hybridized carbons (Fsp3) is 0.533. The minimum Gasteiger partial charge on any atom is -0.369 e. The maximum Gasteiger partial charge on any atom is 0.256 e. The molecule has 0 spiro atoms. The summed E-state index contributed by atoms with van der Waals surface area (Å²) >= 11 is 0. The van der Waals surface area contributed by atoms with Crippen LogP contribution in [-0.2, 0) is 22.4 Å². The first kappa shape index (κ1) is 14.7. The van der Waals surface area contributed by atoms with Crippen molar-refractivity contribution in [2.24, 2.45) is 0 Å². The number of rotatable bonds is 5. The van der Waals surface area contributed by atoms with E-state index in [1.165, 1.54) is 0 Å². The second-order valence-corrected chi connectivity index (χ2v) is 4.83. The number of ether oxygens (including phenoxy) is 1. The molecule has 0 aromatic heterocycles. The summed E-state index contributed by atoms with van der Waals surface area (Å²) < 4.78 is 5.21. The summed E-state index contributed by atoms with van der Waals surface area (Å²) in [5.74, 6) is -0.111. The highest BCUT2D eigenvalue weighted by molar-refractivity contribution is 5.98. The van der Waals surface area contributed by atoms with E-state index >= 15 is 0 Å². The minimum absolute atomic E-state index is 0.111. The molecule has 0 aliphatic carbocycles. The summed E-state index contributed by atoms with van der Waals surface area (Å²) in [6.07, 6.45) is 1.80. The number of carbonyl (C=O) groups excluding carboxylic acids is 1. The SMILES string of the molecule is CCc1cccc(CC)c1NC(=O)C(C)(C)OC. The van der Waals surface area contributed by atoms with Crippen LogP contribution in [-0.4, -0.2) is 18.6 Å². The number of anilines is 1. The van der Waals surface area contributed by atoms with Crippen LogP contribution in [0.1, 0.15) is 38.8 Å². The fourth-order valence-corrected chi connectivity index (χ4v) is 1.76. The first-order valence-corrected chi connectivity index (χ1v) is 6.43. The van der Waals surface area contributed by atoms with Crippen molar-refractivity contribution >= 4 is 11.6 Å². The van der Waals surface area contributed by atoms with E-state index in [1.54, 1.807) is 21.0 Å². The number of hydrogen-bond donors (Lipinski definition) is 1. The number of carbonyl (C=O) groups is 1. The molecule has 0 aliphatic rings. The third-order valence-electron chi connectivity index (χ3n) is 3.29. The molecule has 1 aromatic rings. The molecule has 3 nitrogen and oxygen atoms in total. The number of aryl methyl sites for hydroxylation is 2. The van der Waals surface area contributed by atoms with E-state index in [4.69, 9.17) is 4.74 Å². The molecule has 1 amide bonds. The zero-order valence-electron chi connectivity index (χ0n) is 12.0. The van der Waals surface area contributed by atoms with Crippen molar-refractivity contribution in [1.29, 1.82) is 0 Å². The van der Waals surface area contributed by atoms with Gasteiger partial charge in [-0.2, -0.15) is 0 Å². The highest BCUT2D eigenvalue weighted by atomic mass is 16.5.